The maximum absolute atomic E-state index is 8.34. The minimum atomic E-state index is 0. The van der Waals surface area contributed by atoms with Crippen LogP contribution in [0.5, 0.6) is 0 Å². The average molecular weight is 361 g/mol. The van der Waals surface area contributed by atoms with Gasteiger partial charge in [0, 0.05) is 0 Å². The van der Waals surface area contributed by atoms with Crippen LogP contribution in [0.25, 0.3) is 0 Å². The second kappa shape index (κ2) is 19.2. The topological polar surface area (TPSA) is 17.1 Å². The summed E-state index contributed by atoms with van der Waals surface area (Å²) in [6, 6.07) is 0. The van der Waals surface area contributed by atoms with Crippen molar-refractivity contribution >= 4 is 0 Å². The molecule has 0 heterocycles. The van der Waals surface area contributed by atoms with Gasteiger partial charge in [-0.05, 0) is 0 Å². The Bertz CT molecular complexity index is 6.00. The third kappa shape index (κ3) is 8.91. The van der Waals surface area contributed by atoms with E-state index in [1.54, 1.807) is 0 Å². The summed E-state index contributed by atoms with van der Waals surface area (Å²) in [6.07, 6.45) is 0. The van der Waals surface area contributed by atoms with E-state index in [1.165, 1.54) is 0 Å². The van der Waals surface area contributed by atoms with Gasteiger partial charge in [-0.25, -0.2) is 0 Å². The molecule has 0 aliphatic rings. The molecular weight excluding hydrogens is 361 g/mol. The van der Waals surface area contributed by atoms with E-state index in [9.17, 15) is 0 Å². The number of hydrogen-bond donors (Lipinski definition) is 0. The molecule has 0 aliphatic carbocycles. The summed E-state index contributed by atoms with van der Waals surface area (Å²) in [5.41, 5.74) is 0. The molecule has 0 atom stereocenters. The van der Waals surface area contributed by atoms with E-state index in [1.807, 2.05) is 0 Å². The molecule has 1 nitrogen and oxygen atoms in total. The van der Waals surface area contributed by atoms with Crippen LogP contribution in [0.3, 0.4) is 0 Å². The van der Waals surface area contributed by atoms with Crippen LogP contribution in [0.15, 0.2) is 0 Å². The molecule has 0 amide bonds. The van der Waals surface area contributed by atoms with Crippen molar-refractivity contribution in [1.29, 1.82) is 0 Å². The third-order valence-corrected chi connectivity index (χ3v) is 0. The molecule has 0 spiro atoms. The zero-order valence-electron chi connectivity index (χ0n) is 1.66. The Morgan fingerprint density at radius 3 is 1.00 bits per heavy atom. The molecule has 0 unspecified atom stereocenters. The summed E-state index contributed by atoms with van der Waals surface area (Å²) in [6.45, 7) is 0. The number of rotatable bonds is 0. The molecule has 0 aromatic rings. The summed E-state index contributed by atoms with van der Waals surface area (Å²) in [7, 11) is 0. The van der Waals surface area contributed by atoms with Crippen LogP contribution < -0.4 is 48.0 Å². The van der Waals surface area contributed by atoms with Gasteiger partial charge in [-0.15, -0.1) is 0 Å². The van der Waals surface area contributed by atoms with Gasteiger partial charge in [0.15, 0.2) is 0 Å². The van der Waals surface area contributed by atoms with Crippen LogP contribution in [0.4, 0.5) is 0 Å². The van der Waals surface area contributed by atoms with Crippen molar-refractivity contribution in [2.24, 2.45) is 0 Å². The fourth-order valence-electron chi connectivity index (χ4n) is 0. The average Bonchev–Trinajstić information content (AvgIpc) is 1.00. The van der Waals surface area contributed by atoms with Gasteiger partial charge in [-0.2, -0.15) is 0 Å². The zero-order chi connectivity index (χ0) is 2.00. The predicted octanol–water partition coefficient (Wildman–Crippen LogP) is -6.11. The molecular formula is I2OZr. The second-order valence-corrected chi connectivity index (χ2v) is 0. The van der Waals surface area contributed by atoms with Gasteiger partial charge in [0.05, 0.1) is 0 Å². The Labute approximate surface area is 74.2 Å². The van der Waals surface area contributed by atoms with Crippen LogP contribution >= 0.6 is 0 Å². The Hall–Kier alpha value is 2.14. The number of halogens is 2. The Kier molecular flexibility index (Phi) is 79.0. The van der Waals surface area contributed by atoms with Gasteiger partial charge in [0.25, 0.3) is 0 Å². The van der Waals surface area contributed by atoms with Crippen LogP contribution in [-0.4, -0.2) is 0 Å². The molecule has 0 radical (unpaired) electrons. The van der Waals surface area contributed by atoms with Gasteiger partial charge in [-0.3, -0.25) is 0 Å². The van der Waals surface area contributed by atoms with Crippen LogP contribution in [-0.2, 0) is 27.5 Å². The maximum atomic E-state index is 8.34. The van der Waals surface area contributed by atoms with Gasteiger partial charge in [-0.1, -0.05) is 0 Å². The van der Waals surface area contributed by atoms with E-state index in [0.717, 1.165) is 0 Å². The van der Waals surface area contributed by atoms with Crippen molar-refractivity contribution in [3.63, 3.8) is 0 Å². The summed E-state index contributed by atoms with van der Waals surface area (Å²) in [5, 5.41) is 0. The molecule has 0 saturated carbocycles. The molecule has 24 valence electrons. The summed E-state index contributed by atoms with van der Waals surface area (Å²) in [4.78, 5) is 0. The van der Waals surface area contributed by atoms with Gasteiger partial charge in [0.2, 0.25) is 0 Å². The van der Waals surface area contributed by atoms with E-state index >= 15 is 0 Å². The van der Waals surface area contributed by atoms with E-state index in [0.29, 0.717) is 24.7 Å². The quantitative estimate of drug-likeness (QED) is 0.393. The monoisotopic (exact) mass is 360 g/mol. The van der Waals surface area contributed by atoms with Crippen molar-refractivity contribution in [2.45, 2.75) is 0 Å². The molecule has 0 N–H and O–H groups in total. The van der Waals surface area contributed by atoms with Crippen molar-refractivity contribution < 1.29 is 75.5 Å². The van der Waals surface area contributed by atoms with Gasteiger partial charge >= 0.3 is 27.5 Å². The van der Waals surface area contributed by atoms with E-state index < -0.39 is 0 Å². The zero-order valence-corrected chi connectivity index (χ0v) is 8.44. The van der Waals surface area contributed by atoms with E-state index in [-0.39, 0.29) is 48.0 Å². The molecule has 0 saturated heterocycles. The Balaban J connectivity index is -0.00000000500. The van der Waals surface area contributed by atoms with Crippen molar-refractivity contribution in [3.05, 3.63) is 0 Å². The van der Waals surface area contributed by atoms with Crippen molar-refractivity contribution in [1.82, 2.24) is 0 Å². The first kappa shape index (κ1) is 16.4. The van der Waals surface area contributed by atoms with Crippen LogP contribution in [0, 0.1) is 0 Å². The van der Waals surface area contributed by atoms with Gasteiger partial charge in [0.1, 0.15) is 0 Å². The summed E-state index contributed by atoms with van der Waals surface area (Å²) >= 11 is 0.300. The molecule has 0 fully saturated rings. The second-order valence-electron chi connectivity index (χ2n) is 0. The fraction of sp³-hybridized carbons (Fsp3) is 0. The SMILES string of the molecule is [I-].[I-].[O]=[Zr+2]. The summed E-state index contributed by atoms with van der Waals surface area (Å²) in [5.74, 6) is 0. The normalized spacial score (nSPS) is 1.50. The number of hydrogen-bond acceptors (Lipinski definition) is 1. The molecule has 0 aromatic heterocycles. The molecule has 0 aliphatic heterocycles. The first-order valence-electron chi connectivity index (χ1n) is 0.204. The first-order chi connectivity index (χ1) is 1.00. The first-order valence-corrected chi connectivity index (χ1v) is 1.21. The standard InChI is InChI=1S/2HI.O.Zr/h2*1H;;/q;;;+2/p-2. The van der Waals surface area contributed by atoms with Crippen molar-refractivity contribution in [3.8, 4) is 0 Å². The van der Waals surface area contributed by atoms with Crippen LogP contribution in [0.1, 0.15) is 0 Å². The molecule has 0 aromatic carbocycles. The van der Waals surface area contributed by atoms with E-state index in [4.69, 9.17) is 2.81 Å². The predicted molar refractivity (Wildman–Crippen MR) is 0.686 cm³/mol. The van der Waals surface area contributed by atoms with Gasteiger partial charge < -0.3 is 48.0 Å². The fourth-order valence-corrected chi connectivity index (χ4v) is 0. The van der Waals surface area contributed by atoms with E-state index in [2.05, 4.69) is 0 Å². The summed E-state index contributed by atoms with van der Waals surface area (Å²) < 4.78 is 8.34. The molecule has 4 heavy (non-hydrogen) atoms. The minimum absolute atomic E-state index is 0. The Morgan fingerprint density at radius 1 is 1.00 bits per heavy atom. The van der Waals surface area contributed by atoms with Crippen LogP contribution in [0.2, 0.25) is 0 Å². The third-order valence-electron chi connectivity index (χ3n) is 0. The Morgan fingerprint density at radius 2 is 1.00 bits per heavy atom. The molecule has 4 heteroatoms. The molecule has 0 bridgehead atoms. The van der Waals surface area contributed by atoms with Crippen molar-refractivity contribution in [2.75, 3.05) is 0 Å². The molecule has 0 rings (SSSR count).